The number of aryl methyl sites for hydroxylation is 2. The molecule has 0 aliphatic rings. The fourth-order valence-electron chi connectivity index (χ4n) is 1.91. The SMILES string of the molecule is Cc1cc(CO)ccc1-n1nc(C)c(Br)c1C. The molecule has 0 bridgehead atoms. The molecule has 1 N–H and O–H groups in total. The third kappa shape index (κ3) is 2.15. The molecular formula is C13H15BrN2O. The highest BCUT2D eigenvalue weighted by Crippen LogP contribution is 2.24. The molecular weight excluding hydrogens is 280 g/mol. The van der Waals surface area contributed by atoms with Crippen LogP contribution in [-0.4, -0.2) is 14.9 Å². The van der Waals surface area contributed by atoms with Gasteiger partial charge in [-0.1, -0.05) is 12.1 Å². The average Bonchev–Trinajstić information content (AvgIpc) is 2.57. The van der Waals surface area contributed by atoms with Crippen LogP contribution in [0.2, 0.25) is 0 Å². The van der Waals surface area contributed by atoms with Crippen molar-refractivity contribution in [3.8, 4) is 5.69 Å². The third-order valence-corrected chi connectivity index (χ3v) is 4.02. The number of halogens is 1. The van der Waals surface area contributed by atoms with Crippen LogP contribution in [0.25, 0.3) is 5.69 Å². The standard InChI is InChI=1S/C13H15BrN2O/c1-8-6-11(7-17)4-5-12(8)16-10(3)13(14)9(2)15-16/h4-6,17H,7H2,1-3H3. The number of aromatic nitrogens is 2. The molecule has 4 heteroatoms. The van der Waals surface area contributed by atoms with Gasteiger partial charge in [-0.15, -0.1) is 0 Å². The van der Waals surface area contributed by atoms with Crippen LogP contribution in [0.15, 0.2) is 22.7 Å². The summed E-state index contributed by atoms with van der Waals surface area (Å²) in [6, 6.07) is 5.90. The normalized spacial score (nSPS) is 10.9. The molecule has 0 unspecified atom stereocenters. The minimum atomic E-state index is 0.0714. The summed E-state index contributed by atoms with van der Waals surface area (Å²) >= 11 is 3.53. The molecule has 1 aromatic carbocycles. The van der Waals surface area contributed by atoms with Crippen molar-refractivity contribution in [1.29, 1.82) is 0 Å². The Bertz CT molecular complexity index is 561. The third-order valence-electron chi connectivity index (χ3n) is 2.87. The second kappa shape index (κ2) is 4.63. The monoisotopic (exact) mass is 294 g/mol. The Hall–Kier alpha value is -1.13. The lowest BCUT2D eigenvalue weighted by Crippen LogP contribution is -2.02. The summed E-state index contributed by atoms with van der Waals surface area (Å²) < 4.78 is 2.97. The molecule has 0 aliphatic carbocycles. The number of hydrogen-bond acceptors (Lipinski definition) is 2. The summed E-state index contributed by atoms with van der Waals surface area (Å²) in [4.78, 5) is 0. The first-order valence-corrected chi connectivity index (χ1v) is 6.26. The molecule has 0 amide bonds. The van der Waals surface area contributed by atoms with E-state index in [-0.39, 0.29) is 6.61 Å². The first-order chi connectivity index (χ1) is 8.04. The number of aliphatic hydroxyl groups is 1. The lowest BCUT2D eigenvalue weighted by Gasteiger charge is -2.09. The molecule has 0 spiro atoms. The molecule has 3 nitrogen and oxygen atoms in total. The van der Waals surface area contributed by atoms with Crippen molar-refractivity contribution >= 4 is 15.9 Å². The Kier molecular flexibility index (Phi) is 3.35. The Labute approximate surface area is 109 Å². The van der Waals surface area contributed by atoms with Crippen molar-refractivity contribution in [3.05, 3.63) is 45.2 Å². The minimum absolute atomic E-state index is 0.0714. The van der Waals surface area contributed by atoms with E-state index in [1.54, 1.807) is 0 Å². The molecule has 2 rings (SSSR count). The van der Waals surface area contributed by atoms with Crippen LogP contribution in [0, 0.1) is 20.8 Å². The summed E-state index contributed by atoms with van der Waals surface area (Å²) in [6.07, 6.45) is 0. The highest BCUT2D eigenvalue weighted by molar-refractivity contribution is 9.10. The zero-order valence-electron chi connectivity index (χ0n) is 10.2. The van der Waals surface area contributed by atoms with E-state index in [1.165, 1.54) is 0 Å². The summed E-state index contributed by atoms with van der Waals surface area (Å²) in [5, 5.41) is 13.6. The Morgan fingerprint density at radius 2 is 2.00 bits per heavy atom. The van der Waals surface area contributed by atoms with Crippen molar-refractivity contribution in [2.45, 2.75) is 27.4 Å². The average molecular weight is 295 g/mol. The van der Waals surface area contributed by atoms with Gasteiger partial charge in [-0.05, 0) is 53.9 Å². The van der Waals surface area contributed by atoms with E-state index in [0.717, 1.165) is 32.7 Å². The molecule has 0 aliphatic heterocycles. The van der Waals surface area contributed by atoms with Crippen molar-refractivity contribution in [1.82, 2.24) is 9.78 Å². The molecule has 2 aromatic rings. The number of benzene rings is 1. The van der Waals surface area contributed by atoms with E-state index < -0.39 is 0 Å². The van der Waals surface area contributed by atoms with Gasteiger partial charge in [-0.25, -0.2) is 4.68 Å². The van der Waals surface area contributed by atoms with Gasteiger partial charge in [-0.3, -0.25) is 0 Å². The Morgan fingerprint density at radius 3 is 2.47 bits per heavy atom. The molecule has 0 fully saturated rings. The molecule has 0 saturated carbocycles. The zero-order valence-corrected chi connectivity index (χ0v) is 11.7. The van der Waals surface area contributed by atoms with Gasteiger partial charge in [0.05, 0.1) is 28.2 Å². The molecule has 90 valence electrons. The van der Waals surface area contributed by atoms with Crippen LogP contribution in [0.1, 0.15) is 22.5 Å². The predicted molar refractivity (Wildman–Crippen MR) is 71.4 cm³/mol. The number of hydrogen-bond donors (Lipinski definition) is 1. The molecule has 0 radical (unpaired) electrons. The predicted octanol–water partition coefficient (Wildman–Crippen LogP) is 3.05. The van der Waals surface area contributed by atoms with Crippen LogP contribution >= 0.6 is 15.9 Å². The van der Waals surface area contributed by atoms with E-state index in [0.29, 0.717) is 0 Å². The van der Waals surface area contributed by atoms with E-state index in [1.807, 2.05) is 43.7 Å². The first-order valence-electron chi connectivity index (χ1n) is 5.47. The maximum Gasteiger partial charge on any atom is 0.0743 e. The number of nitrogens with zero attached hydrogens (tertiary/aromatic N) is 2. The topological polar surface area (TPSA) is 38.0 Å². The summed E-state index contributed by atoms with van der Waals surface area (Å²) in [5.74, 6) is 0. The highest BCUT2D eigenvalue weighted by Gasteiger charge is 2.11. The smallest absolute Gasteiger partial charge is 0.0743 e. The number of aliphatic hydroxyl groups excluding tert-OH is 1. The van der Waals surface area contributed by atoms with Crippen molar-refractivity contribution < 1.29 is 5.11 Å². The van der Waals surface area contributed by atoms with E-state index in [9.17, 15) is 0 Å². The van der Waals surface area contributed by atoms with Crippen LogP contribution in [0.4, 0.5) is 0 Å². The quantitative estimate of drug-likeness (QED) is 0.924. The lowest BCUT2D eigenvalue weighted by molar-refractivity contribution is 0.282. The largest absolute Gasteiger partial charge is 0.392 e. The summed E-state index contributed by atoms with van der Waals surface area (Å²) in [7, 11) is 0. The number of rotatable bonds is 2. The molecule has 1 heterocycles. The van der Waals surface area contributed by atoms with Gasteiger partial charge < -0.3 is 5.11 Å². The van der Waals surface area contributed by atoms with Crippen LogP contribution < -0.4 is 0 Å². The fraction of sp³-hybridized carbons (Fsp3) is 0.308. The van der Waals surface area contributed by atoms with Gasteiger partial charge >= 0.3 is 0 Å². The Morgan fingerprint density at radius 1 is 1.29 bits per heavy atom. The Balaban J connectivity index is 2.57. The van der Waals surface area contributed by atoms with Crippen LogP contribution in [-0.2, 0) is 6.61 Å². The lowest BCUT2D eigenvalue weighted by atomic mass is 10.1. The van der Waals surface area contributed by atoms with Gasteiger partial charge in [0.25, 0.3) is 0 Å². The van der Waals surface area contributed by atoms with E-state index >= 15 is 0 Å². The van der Waals surface area contributed by atoms with E-state index in [4.69, 9.17) is 5.11 Å². The zero-order chi connectivity index (χ0) is 12.6. The van der Waals surface area contributed by atoms with Gasteiger partial charge in [-0.2, -0.15) is 5.10 Å². The maximum absolute atomic E-state index is 9.10. The molecule has 0 saturated heterocycles. The van der Waals surface area contributed by atoms with Crippen molar-refractivity contribution in [2.24, 2.45) is 0 Å². The summed E-state index contributed by atoms with van der Waals surface area (Å²) in [5.41, 5.74) is 5.14. The molecule has 1 aromatic heterocycles. The van der Waals surface area contributed by atoms with Gasteiger partial charge in [0, 0.05) is 0 Å². The second-order valence-corrected chi connectivity index (χ2v) is 4.97. The van der Waals surface area contributed by atoms with Crippen molar-refractivity contribution in [2.75, 3.05) is 0 Å². The molecule has 0 atom stereocenters. The maximum atomic E-state index is 9.10. The first kappa shape index (κ1) is 12.3. The van der Waals surface area contributed by atoms with E-state index in [2.05, 4.69) is 21.0 Å². The van der Waals surface area contributed by atoms with Gasteiger partial charge in [0.1, 0.15) is 0 Å². The van der Waals surface area contributed by atoms with Crippen LogP contribution in [0.3, 0.4) is 0 Å². The highest BCUT2D eigenvalue weighted by atomic mass is 79.9. The second-order valence-electron chi connectivity index (χ2n) is 4.18. The summed E-state index contributed by atoms with van der Waals surface area (Å²) in [6.45, 7) is 6.11. The van der Waals surface area contributed by atoms with Gasteiger partial charge in [0.15, 0.2) is 0 Å². The fourth-order valence-corrected chi connectivity index (χ4v) is 2.16. The van der Waals surface area contributed by atoms with Crippen LogP contribution in [0.5, 0.6) is 0 Å². The minimum Gasteiger partial charge on any atom is -0.392 e. The van der Waals surface area contributed by atoms with Gasteiger partial charge in [0.2, 0.25) is 0 Å². The van der Waals surface area contributed by atoms with Crippen molar-refractivity contribution in [3.63, 3.8) is 0 Å². The molecule has 17 heavy (non-hydrogen) atoms.